The molecular formula is C2H6O2PS. The van der Waals surface area contributed by atoms with Crippen LogP contribution in [0.1, 0.15) is 0 Å². The van der Waals surface area contributed by atoms with Crippen LogP contribution in [-0.2, 0) is 4.57 Å². The van der Waals surface area contributed by atoms with Gasteiger partial charge >= 0.3 is 0 Å². The highest BCUT2D eigenvalue weighted by molar-refractivity contribution is 8.46. The molecule has 4 heteroatoms. The summed E-state index contributed by atoms with van der Waals surface area (Å²) in [6.45, 7) is 0.104. The molecule has 0 aromatic heterocycles. The summed E-state index contributed by atoms with van der Waals surface area (Å²) in [5, 5.41) is 0. The van der Waals surface area contributed by atoms with Gasteiger partial charge in [-0.2, -0.15) is 0 Å². The van der Waals surface area contributed by atoms with E-state index in [9.17, 15) is 4.57 Å². The van der Waals surface area contributed by atoms with Gasteiger partial charge in [0.25, 0.3) is 6.57 Å². The first kappa shape index (κ1) is 6.54. The Balaban J connectivity index is 3.48. The van der Waals surface area contributed by atoms with Crippen molar-refractivity contribution in [3.05, 3.63) is 6.92 Å². The van der Waals surface area contributed by atoms with E-state index in [0.29, 0.717) is 0 Å². The molecule has 0 aromatic rings. The summed E-state index contributed by atoms with van der Waals surface area (Å²) in [6.07, 6.45) is -0.00386. The molecule has 1 N–H and O–H groups in total. The number of rotatable bonds is 1. The van der Waals surface area contributed by atoms with Crippen molar-refractivity contribution in [3.63, 3.8) is 0 Å². The average Bonchev–Trinajstić information content (AvgIpc) is 1.35. The van der Waals surface area contributed by atoms with Crippen molar-refractivity contribution in [1.82, 2.24) is 0 Å². The summed E-state index contributed by atoms with van der Waals surface area (Å²) in [5.74, 6) is 0. The lowest BCUT2D eigenvalue weighted by Gasteiger charge is -1.92. The first-order valence-corrected chi connectivity index (χ1v) is 4.40. The van der Waals surface area contributed by atoms with Gasteiger partial charge in [-0.25, -0.2) is 0 Å². The zero-order valence-electron chi connectivity index (χ0n) is 3.16. The normalized spacial score (nSPS) is 19.8. The Hall–Kier alpha value is 0.540. The summed E-state index contributed by atoms with van der Waals surface area (Å²) in [6, 6.07) is 0. The van der Waals surface area contributed by atoms with Crippen molar-refractivity contribution in [3.8, 4) is 0 Å². The van der Waals surface area contributed by atoms with Gasteiger partial charge in [0, 0.05) is 6.16 Å². The van der Waals surface area contributed by atoms with Crippen LogP contribution in [0.3, 0.4) is 0 Å². The van der Waals surface area contributed by atoms with E-state index in [0.717, 1.165) is 0 Å². The van der Waals surface area contributed by atoms with Crippen molar-refractivity contribution in [2.45, 2.75) is 0 Å². The SMILES string of the molecule is [CH2]CP(=O)(O)S. The fourth-order valence-electron chi connectivity index (χ4n) is 0. The Labute approximate surface area is 42.2 Å². The Morgan fingerprint density at radius 2 is 2.17 bits per heavy atom. The van der Waals surface area contributed by atoms with E-state index in [1.54, 1.807) is 0 Å². The van der Waals surface area contributed by atoms with E-state index in [-0.39, 0.29) is 6.16 Å². The molecule has 0 saturated carbocycles. The van der Waals surface area contributed by atoms with E-state index in [2.05, 4.69) is 19.2 Å². The van der Waals surface area contributed by atoms with Crippen molar-refractivity contribution < 1.29 is 9.46 Å². The molecule has 1 unspecified atom stereocenters. The Morgan fingerprint density at radius 1 is 2.00 bits per heavy atom. The molecule has 0 fully saturated rings. The lowest BCUT2D eigenvalue weighted by atomic mass is 11.0. The number of thiol groups is 1. The van der Waals surface area contributed by atoms with Crippen LogP contribution in [0.2, 0.25) is 0 Å². The summed E-state index contributed by atoms with van der Waals surface area (Å²) in [5.41, 5.74) is 0. The monoisotopic (exact) mass is 125 g/mol. The van der Waals surface area contributed by atoms with Crippen LogP contribution in [0.5, 0.6) is 0 Å². The van der Waals surface area contributed by atoms with Crippen LogP contribution in [-0.4, -0.2) is 11.1 Å². The minimum Gasteiger partial charge on any atom is -0.337 e. The predicted octanol–water partition coefficient (Wildman–Crippen LogP) is 0.936. The summed E-state index contributed by atoms with van der Waals surface area (Å²) < 4.78 is 9.94. The third kappa shape index (κ3) is 4.54. The fourth-order valence-corrected chi connectivity index (χ4v) is 0. The maximum absolute atomic E-state index is 9.94. The third-order valence-electron chi connectivity index (χ3n) is 0.291. The second-order valence-corrected chi connectivity index (χ2v) is 4.54. The lowest BCUT2D eigenvalue weighted by Crippen LogP contribution is -1.69. The maximum atomic E-state index is 9.94. The second-order valence-electron chi connectivity index (χ2n) is 0.888. The van der Waals surface area contributed by atoms with Crippen LogP contribution < -0.4 is 0 Å². The molecule has 0 amide bonds. The van der Waals surface area contributed by atoms with E-state index in [4.69, 9.17) is 4.89 Å². The van der Waals surface area contributed by atoms with Crippen LogP contribution >= 0.6 is 18.8 Å². The van der Waals surface area contributed by atoms with Crippen LogP contribution in [0.4, 0.5) is 0 Å². The predicted molar refractivity (Wildman–Crippen MR) is 29.0 cm³/mol. The van der Waals surface area contributed by atoms with E-state index < -0.39 is 6.57 Å². The minimum absolute atomic E-state index is 0.00386. The summed E-state index contributed by atoms with van der Waals surface area (Å²) in [7, 11) is 0. The average molecular weight is 125 g/mol. The van der Waals surface area contributed by atoms with E-state index in [1.807, 2.05) is 0 Å². The van der Waals surface area contributed by atoms with Gasteiger partial charge in [0.1, 0.15) is 0 Å². The van der Waals surface area contributed by atoms with Crippen molar-refractivity contribution >= 4 is 18.8 Å². The topological polar surface area (TPSA) is 37.3 Å². The Bertz CT molecular complexity index is 75.6. The largest absolute Gasteiger partial charge is 0.337 e. The van der Waals surface area contributed by atoms with Crippen LogP contribution in [0.15, 0.2) is 0 Å². The van der Waals surface area contributed by atoms with Gasteiger partial charge < -0.3 is 4.89 Å². The van der Waals surface area contributed by atoms with Crippen molar-refractivity contribution in [1.29, 1.82) is 0 Å². The fraction of sp³-hybridized carbons (Fsp3) is 0.500. The molecule has 2 nitrogen and oxygen atoms in total. The molecule has 0 bridgehead atoms. The zero-order chi connectivity index (χ0) is 5.21. The number of hydrogen-bond acceptors (Lipinski definition) is 1. The molecule has 0 aliphatic heterocycles. The van der Waals surface area contributed by atoms with E-state index >= 15 is 0 Å². The Kier molecular flexibility index (Phi) is 2.19. The first-order chi connectivity index (χ1) is 2.56. The Morgan fingerprint density at radius 3 is 2.17 bits per heavy atom. The van der Waals surface area contributed by atoms with Crippen LogP contribution in [0.25, 0.3) is 0 Å². The summed E-state index contributed by atoms with van der Waals surface area (Å²) in [4.78, 5) is 8.18. The quantitative estimate of drug-likeness (QED) is 0.404. The highest BCUT2D eigenvalue weighted by atomic mass is 32.7. The van der Waals surface area contributed by atoms with Crippen LogP contribution in [0, 0.1) is 6.92 Å². The van der Waals surface area contributed by atoms with Crippen molar-refractivity contribution in [2.24, 2.45) is 0 Å². The standard InChI is InChI=1S/C2H6O2PS/c1-2-5(3,4)6/h1-2H2,(H2,3,4,6). The molecular weight excluding hydrogens is 119 g/mol. The smallest absolute Gasteiger partial charge is 0.252 e. The molecule has 6 heavy (non-hydrogen) atoms. The minimum atomic E-state index is -3.06. The molecule has 1 radical (unpaired) electrons. The second kappa shape index (κ2) is 2.01. The number of hydrogen-bond donors (Lipinski definition) is 2. The molecule has 1 atom stereocenters. The maximum Gasteiger partial charge on any atom is 0.252 e. The van der Waals surface area contributed by atoms with Gasteiger partial charge in [-0.3, -0.25) is 4.57 Å². The highest BCUT2D eigenvalue weighted by Crippen LogP contribution is 2.44. The van der Waals surface area contributed by atoms with Gasteiger partial charge in [0.15, 0.2) is 0 Å². The molecule has 0 saturated heterocycles. The molecule has 0 heterocycles. The summed E-state index contributed by atoms with van der Waals surface area (Å²) >= 11 is 3.30. The molecule has 0 rings (SSSR count). The van der Waals surface area contributed by atoms with Gasteiger partial charge in [-0.1, -0.05) is 12.2 Å². The zero-order valence-corrected chi connectivity index (χ0v) is 4.95. The third-order valence-corrected chi connectivity index (χ3v) is 1.47. The molecule has 0 aromatic carbocycles. The molecule has 37 valence electrons. The van der Waals surface area contributed by atoms with E-state index in [1.165, 1.54) is 0 Å². The van der Waals surface area contributed by atoms with Gasteiger partial charge in [-0.05, 0) is 6.92 Å². The lowest BCUT2D eigenvalue weighted by molar-refractivity contribution is 0.500. The molecule has 0 aliphatic carbocycles. The van der Waals surface area contributed by atoms with Gasteiger partial charge in [0.05, 0.1) is 0 Å². The van der Waals surface area contributed by atoms with Gasteiger partial charge in [-0.15, -0.1) is 0 Å². The highest BCUT2D eigenvalue weighted by Gasteiger charge is 2.03. The van der Waals surface area contributed by atoms with Crippen molar-refractivity contribution in [2.75, 3.05) is 6.16 Å². The molecule has 0 spiro atoms. The molecule has 0 aliphatic rings. The first-order valence-electron chi connectivity index (χ1n) is 1.40. The van der Waals surface area contributed by atoms with Gasteiger partial charge in [0.2, 0.25) is 0 Å².